The summed E-state index contributed by atoms with van der Waals surface area (Å²) < 4.78 is 39.3. The van der Waals surface area contributed by atoms with Crippen LogP contribution >= 0.6 is 0 Å². The lowest BCUT2D eigenvalue weighted by Crippen LogP contribution is -2.16. The molecule has 136 valence electrons. The van der Waals surface area contributed by atoms with Crippen LogP contribution in [0.15, 0.2) is 35.2 Å². The first kappa shape index (κ1) is 19.1. The van der Waals surface area contributed by atoms with E-state index >= 15 is 0 Å². The van der Waals surface area contributed by atoms with E-state index in [1.165, 1.54) is 0 Å². The van der Waals surface area contributed by atoms with E-state index in [1.807, 2.05) is 20.8 Å². The minimum atomic E-state index is -3.70. The van der Waals surface area contributed by atoms with Gasteiger partial charge in [-0.3, -0.25) is 4.72 Å². The smallest absolute Gasteiger partial charge is 0.262 e. The Bertz CT molecular complexity index is 856. The maximum Gasteiger partial charge on any atom is 0.262 e. The van der Waals surface area contributed by atoms with Crippen LogP contribution in [0.2, 0.25) is 0 Å². The molecular formula is C19H25NO4S. The highest BCUT2D eigenvalue weighted by molar-refractivity contribution is 7.92. The van der Waals surface area contributed by atoms with Gasteiger partial charge in [0.2, 0.25) is 0 Å². The van der Waals surface area contributed by atoms with Gasteiger partial charge in [-0.1, -0.05) is 0 Å². The molecule has 0 aliphatic heterocycles. The zero-order chi connectivity index (χ0) is 18.8. The molecule has 0 aromatic heterocycles. The van der Waals surface area contributed by atoms with Crippen molar-refractivity contribution in [3.05, 3.63) is 47.0 Å². The predicted octanol–water partition coefficient (Wildman–Crippen LogP) is 4.21. The molecule has 2 aromatic carbocycles. The lowest BCUT2D eigenvalue weighted by Gasteiger charge is -2.17. The highest BCUT2D eigenvalue weighted by Gasteiger charge is 2.22. The molecule has 0 atom stereocenters. The Labute approximate surface area is 150 Å². The van der Waals surface area contributed by atoms with E-state index in [2.05, 4.69) is 4.72 Å². The predicted molar refractivity (Wildman–Crippen MR) is 100 cm³/mol. The molecule has 0 fully saturated rings. The van der Waals surface area contributed by atoms with Crippen LogP contribution in [0.3, 0.4) is 0 Å². The van der Waals surface area contributed by atoms with Crippen LogP contribution in [0, 0.1) is 20.8 Å². The van der Waals surface area contributed by atoms with Crippen molar-refractivity contribution in [2.45, 2.75) is 45.6 Å². The number of anilines is 1. The van der Waals surface area contributed by atoms with Crippen LogP contribution in [0.4, 0.5) is 5.69 Å². The number of ether oxygens (including phenoxy) is 2. The van der Waals surface area contributed by atoms with Gasteiger partial charge < -0.3 is 9.47 Å². The van der Waals surface area contributed by atoms with Gasteiger partial charge >= 0.3 is 0 Å². The van der Waals surface area contributed by atoms with Gasteiger partial charge in [-0.05, 0) is 81.6 Å². The molecule has 6 heteroatoms. The summed E-state index contributed by atoms with van der Waals surface area (Å²) in [6, 6.07) is 8.62. The molecule has 0 saturated heterocycles. The molecule has 5 nitrogen and oxygen atoms in total. The van der Waals surface area contributed by atoms with Gasteiger partial charge in [0, 0.05) is 5.69 Å². The number of rotatable bonds is 6. The van der Waals surface area contributed by atoms with Crippen molar-refractivity contribution in [1.82, 2.24) is 0 Å². The van der Waals surface area contributed by atoms with Crippen molar-refractivity contribution in [3.8, 4) is 11.5 Å². The summed E-state index contributed by atoms with van der Waals surface area (Å²) in [5, 5.41) is 0. The molecule has 0 aliphatic carbocycles. The van der Waals surface area contributed by atoms with Crippen LogP contribution in [0.25, 0.3) is 0 Å². The number of hydrogen-bond acceptors (Lipinski definition) is 4. The van der Waals surface area contributed by atoms with Gasteiger partial charge in [0.1, 0.15) is 11.5 Å². The van der Waals surface area contributed by atoms with Crippen molar-refractivity contribution in [2.75, 3.05) is 11.8 Å². The molecule has 2 aromatic rings. The summed E-state index contributed by atoms with van der Waals surface area (Å²) in [4.78, 5) is 0.285. The van der Waals surface area contributed by atoms with Crippen LogP contribution in [0.5, 0.6) is 11.5 Å². The van der Waals surface area contributed by atoms with Crippen LogP contribution in [-0.2, 0) is 10.0 Å². The van der Waals surface area contributed by atoms with Crippen molar-refractivity contribution in [1.29, 1.82) is 0 Å². The number of hydrogen-bond donors (Lipinski definition) is 1. The van der Waals surface area contributed by atoms with Gasteiger partial charge in [0.05, 0.1) is 18.1 Å². The first-order valence-corrected chi connectivity index (χ1v) is 9.58. The lowest BCUT2D eigenvalue weighted by atomic mass is 10.1. The number of benzene rings is 2. The highest BCUT2D eigenvalue weighted by Crippen LogP contribution is 2.31. The molecule has 0 bridgehead atoms. The summed E-state index contributed by atoms with van der Waals surface area (Å²) in [5.74, 6) is 1.38. The molecule has 0 unspecified atom stereocenters. The number of methoxy groups -OCH3 is 1. The Morgan fingerprint density at radius 1 is 1.00 bits per heavy atom. The molecule has 25 heavy (non-hydrogen) atoms. The topological polar surface area (TPSA) is 64.6 Å². The first-order valence-electron chi connectivity index (χ1n) is 8.10. The van der Waals surface area contributed by atoms with E-state index in [0.717, 1.165) is 5.56 Å². The van der Waals surface area contributed by atoms with Crippen LogP contribution in [-0.4, -0.2) is 21.6 Å². The van der Waals surface area contributed by atoms with Gasteiger partial charge in [-0.15, -0.1) is 0 Å². The second kappa shape index (κ2) is 7.35. The number of nitrogens with one attached hydrogen (secondary N) is 1. The largest absolute Gasteiger partial charge is 0.496 e. The third-order valence-corrected chi connectivity index (χ3v) is 5.62. The third kappa shape index (κ3) is 4.25. The van der Waals surface area contributed by atoms with Crippen molar-refractivity contribution in [3.63, 3.8) is 0 Å². The summed E-state index contributed by atoms with van der Waals surface area (Å²) in [7, 11) is -2.13. The highest BCUT2D eigenvalue weighted by atomic mass is 32.2. The number of aryl methyl sites for hydroxylation is 1. The van der Waals surface area contributed by atoms with Crippen LogP contribution < -0.4 is 14.2 Å². The van der Waals surface area contributed by atoms with E-state index in [-0.39, 0.29) is 11.0 Å². The fourth-order valence-electron chi connectivity index (χ4n) is 2.73. The average molecular weight is 363 g/mol. The molecule has 0 spiro atoms. The van der Waals surface area contributed by atoms with Gasteiger partial charge in [-0.25, -0.2) is 8.42 Å². The monoisotopic (exact) mass is 363 g/mol. The van der Waals surface area contributed by atoms with E-state index in [9.17, 15) is 8.42 Å². The second-order valence-corrected chi connectivity index (χ2v) is 7.89. The Morgan fingerprint density at radius 2 is 1.60 bits per heavy atom. The fraction of sp³-hybridized carbons (Fsp3) is 0.368. The molecule has 0 amide bonds. The maximum atomic E-state index is 12.9. The van der Waals surface area contributed by atoms with Crippen molar-refractivity contribution >= 4 is 15.7 Å². The van der Waals surface area contributed by atoms with Crippen LogP contribution in [0.1, 0.15) is 30.5 Å². The summed E-state index contributed by atoms with van der Waals surface area (Å²) in [5.41, 5.74) is 2.63. The zero-order valence-electron chi connectivity index (χ0n) is 15.5. The zero-order valence-corrected chi connectivity index (χ0v) is 16.3. The van der Waals surface area contributed by atoms with Gasteiger partial charge in [0.25, 0.3) is 10.0 Å². The summed E-state index contributed by atoms with van der Waals surface area (Å²) in [6.07, 6.45) is 0.0649. The Balaban J connectivity index is 2.35. The SMILES string of the molecule is COc1cc(C)c(S(=O)(=O)Nc2ccc(OC(C)C)cc2)c(C)c1C. The van der Waals surface area contributed by atoms with E-state index in [4.69, 9.17) is 9.47 Å². The van der Waals surface area contributed by atoms with Crippen molar-refractivity contribution in [2.24, 2.45) is 0 Å². The Kier molecular flexibility index (Phi) is 5.62. The first-order chi connectivity index (χ1) is 11.7. The standard InChI is InChI=1S/C19H25NO4S/c1-12(2)24-17-9-7-16(8-10-17)20-25(21,22)19-13(3)11-18(23-6)14(4)15(19)5/h7-12,20H,1-6H3. The minimum Gasteiger partial charge on any atom is -0.496 e. The molecule has 0 saturated carbocycles. The summed E-state index contributed by atoms with van der Waals surface area (Å²) in [6.45, 7) is 9.29. The van der Waals surface area contributed by atoms with Gasteiger partial charge in [0.15, 0.2) is 0 Å². The Morgan fingerprint density at radius 3 is 2.12 bits per heavy atom. The molecule has 0 heterocycles. The van der Waals surface area contributed by atoms with E-state index in [1.54, 1.807) is 51.3 Å². The van der Waals surface area contributed by atoms with E-state index in [0.29, 0.717) is 28.3 Å². The molecule has 0 radical (unpaired) electrons. The summed E-state index contributed by atoms with van der Waals surface area (Å²) >= 11 is 0. The van der Waals surface area contributed by atoms with Crippen molar-refractivity contribution < 1.29 is 17.9 Å². The average Bonchev–Trinajstić information content (AvgIpc) is 2.51. The lowest BCUT2D eigenvalue weighted by molar-refractivity contribution is 0.242. The molecular weight excluding hydrogens is 338 g/mol. The normalized spacial score (nSPS) is 11.5. The van der Waals surface area contributed by atoms with Gasteiger partial charge in [-0.2, -0.15) is 0 Å². The minimum absolute atomic E-state index is 0.0649. The molecule has 1 N–H and O–H groups in total. The second-order valence-electron chi connectivity index (χ2n) is 6.27. The quantitative estimate of drug-likeness (QED) is 0.835. The maximum absolute atomic E-state index is 12.9. The number of sulfonamides is 1. The third-order valence-electron chi connectivity index (χ3n) is 3.95. The van der Waals surface area contributed by atoms with E-state index < -0.39 is 10.0 Å². The fourth-order valence-corrected chi connectivity index (χ4v) is 4.31. The molecule has 0 aliphatic rings. The Hall–Kier alpha value is -2.21. The molecule has 2 rings (SSSR count).